The summed E-state index contributed by atoms with van der Waals surface area (Å²) in [5.74, 6) is -2.13. The largest absolute Gasteiger partial charge is 0.462 e. The molecule has 8 nitrogen and oxygen atoms in total. The maximum absolute atomic E-state index is 16.1. The molecule has 2 aliphatic heterocycles. The van der Waals surface area contributed by atoms with Crippen molar-refractivity contribution < 1.29 is 22.7 Å². The summed E-state index contributed by atoms with van der Waals surface area (Å²) in [6, 6.07) is 13.2. The molecule has 3 aromatic carbocycles. The second-order valence-corrected chi connectivity index (χ2v) is 11.8. The van der Waals surface area contributed by atoms with Gasteiger partial charge in [0.25, 0.3) is 5.91 Å². The molecular formula is C33H30ClF3N6O2. The minimum absolute atomic E-state index is 0.0269. The summed E-state index contributed by atoms with van der Waals surface area (Å²) in [7, 11) is 1.83. The number of piperazine rings is 1. The quantitative estimate of drug-likeness (QED) is 0.181. The van der Waals surface area contributed by atoms with Gasteiger partial charge in [-0.15, -0.1) is 0 Å². The number of aromatic nitrogens is 2. The molecule has 12 heteroatoms. The molecule has 232 valence electrons. The van der Waals surface area contributed by atoms with Crippen molar-refractivity contribution in [1.29, 1.82) is 0 Å². The Morgan fingerprint density at radius 3 is 2.62 bits per heavy atom. The number of rotatable bonds is 7. The van der Waals surface area contributed by atoms with Crippen LogP contribution in [0.4, 0.5) is 19.0 Å². The zero-order chi connectivity index (χ0) is 31.8. The van der Waals surface area contributed by atoms with Crippen LogP contribution in [0.5, 0.6) is 6.01 Å². The third-order valence-electron chi connectivity index (χ3n) is 8.51. The van der Waals surface area contributed by atoms with Crippen molar-refractivity contribution in [2.75, 3.05) is 51.3 Å². The van der Waals surface area contributed by atoms with Gasteiger partial charge in [0.1, 0.15) is 30.5 Å². The number of likely N-dealkylation sites (tertiary alicyclic amines) is 1. The summed E-state index contributed by atoms with van der Waals surface area (Å²) in [4.78, 5) is 30.2. The smallest absolute Gasteiger partial charge is 0.319 e. The van der Waals surface area contributed by atoms with Crippen LogP contribution in [0.15, 0.2) is 60.9 Å². The van der Waals surface area contributed by atoms with Gasteiger partial charge in [-0.1, -0.05) is 48.5 Å². The molecule has 2 aliphatic rings. The average molecular weight is 635 g/mol. The molecule has 0 radical (unpaired) electrons. The van der Waals surface area contributed by atoms with E-state index in [1.54, 1.807) is 18.2 Å². The van der Waals surface area contributed by atoms with E-state index in [1.165, 1.54) is 11.0 Å². The number of likely N-dealkylation sites (N-methyl/N-ethyl adjacent to an activating group) is 1. The Kier molecular flexibility index (Phi) is 8.53. The number of carbonyl (C=O) groups excluding carboxylic acids is 1. The molecule has 3 atom stereocenters. The van der Waals surface area contributed by atoms with Gasteiger partial charge in [0, 0.05) is 53.6 Å². The number of carbonyl (C=O) groups is 1. The second-order valence-electron chi connectivity index (χ2n) is 11.4. The fourth-order valence-electron chi connectivity index (χ4n) is 6.25. The van der Waals surface area contributed by atoms with E-state index >= 15 is 4.39 Å². The fourth-order valence-corrected chi connectivity index (χ4v) is 6.54. The SMILES string of the molecule is [C-]#[N+]C[C@H]1CN(c2nc(OC[C@@H]3C[C@@H](F)CN3C)nc3cc(-c4cccc5cccc(Cl)c45)c(F)cc23)CCN1C(=O)C(=C)F. The lowest BCUT2D eigenvalue weighted by Gasteiger charge is -2.39. The first-order valence-electron chi connectivity index (χ1n) is 14.5. The topological polar surface area (TPSA) is 66.2 Å². The van der Waals surface area contributed by atoms with Crippen LogP contribution < -0.4 is 9.64 Å². The van der Waals surface area contributed by atoms with E-state index in [2.05, 4.69) is 21.4 Å². The number of nitrogens with zero attached hydrogens (tertiary/aromatic N) is 6. The van der Waals surface area contributed by atoms with Gasteiger partial charge in [-0.25, -0.2) is 19.7 Å². The van der Waals surface area contributed by atoms with Gasteiger partial charge in [0.2, 0.25) is 6.54 Å². The number of benzene rings is 3. The Labute approximate surface area is 263 Å². The van der Waals surface area contributed by atoms with Gasteiger partial charge in [0.15, 0.2) is 5.83 Å². The molecule has 4 aromatic rings. The first-order valence-corrected chi connectivity index (χ1v) is 14.9. The van der Waals surface area contributed by atoms with Crippen LogP contribution in [0.1, 0.15) is 6.42 Å². The molecule has 2 fully saturated rings. The van der Waals surface area contributed by atoms with E-state index in [0.29, 0.717) is 45.7 Å². The molecule has 0 saturated carbocycles. The number of anilines is 1. The van der Waals surface area contributed by atoms with Crippen molar-refractivity contribution in [3.8, 4) is 17.1 Å². The number of amides is 1. The van der Waals surface area contributed by atoms with E-state index in [1.807, 2.05) is 41.1 Å². The normalized spacial score (nSPS) is 20.5. The Balaban J connectivity index is 1.44. The Morgan fingerprint density at radius 2 is 1.91 bits per heavy atom. The molecule has 6 rings (SSSR count). The van der Waals surface area contributed by atoms with Gasteiger partial charge < -0.3 is 19.4 Å². The summed E-state index contributed by atoms with van der Waals surface area (Å²) in [6.07, 6.45) is -0.629. The second kappa shape index (κ2) is 12.5. The monoisotopic (exact) mass is 634 g/mol. The molecule has 3 heterocycles. The van der Waals surface area contributed by atoms with Crippen LogP contribution in [0.2, 0.25) is 5.02 Å². The number of hydrogen-bond donors (Lipinski definition) is 0. The van der Waals surface area contributed by atoms with Crippen LogP contribution >= 0.6 is 11.6 Å². The first-order chi connectivity index (χ1) is 21.6. The van der Waals surface area contributed by atoms with Crippen LogP contribution in [-0.4, -0.2) is 90.3 Å². The van der Waals surface area contributed by atoms with Gasteiger partial charge in [-0.2, -0.15) is 9.97 Å². The fraction of sp³-hybridized carbons (Fsp3) is 0.333. The molecule has 1 aromatic heterocycles. The molecule has 0 aliphatic carbocycles. The van der Waals surface area contributed by atoms with Crippen LogP contribution in [0.25, 0.3) is 37.6 Å². The molecular weight excluding hydrogens is 605 g/mol. The molecule has 0 spiro atoms. The summed E-state index contributed by atoms with van der Waals surface area (Å²) in [6.45, 7) is 11.4. The van der Waals surface area contributed by atoms with Gasteiger partial charge in [0.05, 0.1) is 5.52 Å². The highest BCUT2D eigenvalue weighted by Gasteiger charge is 2.35. The zero-order valence-corrected chi connectivity index (χ0v) is 25.3. The van der Waals surface area contributed by atoms with Gasteiger partial charge in [-0.3, -0.25) is 9.69 Å². The van der Waals surface area contributed by atoms with Gasteiger partial charge >= 0.3 is 6.01 Å². The molecule has 1 amide bonds. The number of ether oxygens (including phenoxy) is 1. The van der Waals surface area contributed by atoms with Crippen molar-refractivity contribution in [3.05, 3.63) is 83.2 Å². The Bertz CT molecular complexity index is 1840. The lowest BCUT2D eigenvalue weighted by molar-refractivity contribution is -0.131. The molecule has 0 N–H and O–H groups in total. The predicted molar refractivity (Wildman–Crippen MR) is 168 cm³/mol. The highest BCUT2D eigenvalue weighted by Crippen LogP contribution is 2.38. The van der Waals surface area contributed by atoms with Crippen molar-refractivity contribution in [2.24, 2.45) is 0 Å². The predicted octanol–water partition coefficient (Wildman–Crippen LogP) is 6.08. The summed E-state index contributed by atoms with van der Waals surface area (Å²) < 4.78 is 49.9. The van der Waals surface area contributed by atoms with E-state index in [9.17, 15) is 13.6 Å². The molecule has 0 unspecified atom stereocenters. The lowest BCUT2D eigenvalue weighted by atomic mass is 9.96. The van der Waals surface area contributed by atoms with Gasteiger partial charge in [-0.05, 0) is 42.6 Å². The summed E-state index contributed by atoms with van der Waals surface area (Å²) >= 11 is 6.57. The third-order valence-corrected chi connectivity index (χ3v) is 8.82. The highest BCUT2D eigenvalue weighted by molar-refractivity contribution is 6.36. The summed E-state index contributed by atoms with van der Waals surface area (Å²) in [5, 5.41) is 2.44. The van der Waals surface area contributed by atoms with Crippen molar-refractivity contribution in [2.45, 2.75) is 24.7 Å². The van der Waals surface area contributed by atoms with E-state index < -0.39 is 29.8 Å². The van der Waals surface area contributed by atoms with Crippen LogP contribution in [-0.2, 0) is 4.79 Å². The van der Waals surface area contributed by atoms with Crippen molar-refractivity contribution >= 4 is 45.0 Å². The van der Waals surface area contributed by atoms with E-state index in [-0.39, 0.29) is 50.4 Å². The Hall–Kier alpha value is -4.40. The standard InChI is InChI=1S/C33H30ClF3N6O2/c1-19(35)32(44)43-11-10-42(17-23(43)15-38-2)31-26-13-28(37)25(24-8-4-6-20-7-5-9-27(34)30(20)24)14-29(26)39-33(40-31)45-18-22-12-21(36)16-41(22)3/h4-9,13-14,21-23H,1,10-12,15-18H2,3H3/t21-,22+,23+/m1/s1. The van der Waals surface area contributed by atoms with E-state index in [4.69, 9.17) is 22.9 Å². The first kappa shape index (κ1) is 30.6. The van der Waals surface area contributed by atoms with E-state index in [0.717, 1.165) is 5.39 Å². The lowest BCUT2D eigenvalue weighted by Crippen LogP contribution is -2.56. The maximum atomic E-state index is 16.1. The minimum atomic E-state index is -1.10. The highest BCUT2D eigenvalue weighted by atomic mass is 35.5. The minimum Gasteiger partial charge on any atom is -0.462 e. The zero-order valence-electron chi connectivity index (χ0n) is 24.5. The summed E-state index contributed by atoms with van der Waals surface area (Å²) in [5.41, 5.74) is 1.28. The maximum Gasteiger partial charge on any atom is 0.319 e. The molecule has 45 heavy (non-hydrogen) atoms. The third kappa shape index (κ3) is 6.00. The van der Waals surface area contributed by atoms with Crippen molar-refractivity contribution in [1.82, 2.24) is 19.8 Å². The molecule has 2 saturated heterocycles. The number of hydrogen-bond acceptors (Lipinski definition) is 6. The Morgan fingerprint density at radius 1 is 1.13 bits per heavy atom. The van der Waals surface area contributed by atoms with Crippen LogP contribution in [0, 0.1) is 12.4 Å². The number of alkyl halides is 1. The molecule has 0 bridgehead atoms. The van der Waals surface area contributed by atoms with Crippen molar-refractivity contribution in [3.63, 3.8) is 0 Å². The number of fused-ring (bicyclic) bond motifs is 2. The number of halogens is 4. The van der Waals surface area contributed by atoms with Crippen LogP contribution in [0.3, 0.4) is 0 Å². The average Bonchev–Trinajstić information content (AvgIpc) is 3.35.